The van der Waals surface area contributed by atoms with Gasteiger partial charge in [0, 0.05) is 24.3 Å². The van der Waals surface area contributed by atoms with Crippen LogP contribution in [0.3, 0.4) is 0 Å². The van der Waals surface area contributed by atoms with E-state index in [1.165, 1.54) is 10.8 Å². The third-order valence-corrected chi connectivity index (χ3v) is 7.90. The van der Waals surface area contributed by atoms with Crippen molar-refractivity contribution in [1.29, 1.82) is 0 Å². The van der Waals surface area contributed by atoms with Crippen LogP contribution in [0.15, 0.2) is 11.8 Å². The number of carbonyl (C=O) groups excluding carboxylic acids is 4. The van der Waals surface area contributed by atoms with Gasteiger partial charge in [0.05, 0.1) is 18.6 Å². The molecule has 0 aliphatic carbocycles. The molecule has 0 aromatic heterocycles. The van der Waals surface area contributed by atoms with E-state index >= 15 is 0 Å². The zero-order valence-corrected chi connectivity index (χ0v) is 21.2. The molecule has 2 bridgehead atoms. The zero-order chi connectivity index (χ0) is 24.5. The molecule has 0 aromatic carbocycles. The second kappa shape index (κ2) is 13.2. The maximum Gasteiger partial charge on any atom is 0.313 e. The van der Waals surface area contributed by atoms with Crippen molar-refractivity contribution >= 4 is 45.3 Å². The molecule has 2 aliphatic rings. The van der Waals surface area contributed by atoms with Crippen molar-refractivity contribution in [2.24, 2.45) is 11.8 Å². The Hall–Kier alpha value is -1.72. The lowest BCUT2D eigenvalue weighted by Gasteiger charge is -2.30. The van der Waals surface area contributed by atoms with Gasteiger partial charge in [-0.05, 0) is 24.3 Å². The number of hydrogen-bond donors (Lipinski definition) is 4. The average molecular weight is 502 g/mol. The van der Waals surface area contributed by atoms with Gasteiger partial charge in [0.25, 0.3) is 0 Å². The normalized spacial score (nSPS) is 30.7. The van der Waals surface area contributed by atoms with Crippen molar-refractivity contribution < 1.29 is 29.0 Å². The van der Waals surface area contributed by atoms with E-state index in [0.717, 1.165) is 0 Å². The molecule has 11 heteroatoms. The second-order valence-corrected chi connectivity index (χ2v) is 11.6. The van der Waals surface area contributed by atoms with Crippen molar-refractivity contribution in [1.82, 2.24) is 16.0 Å². The molecule has 3 amide bonds. The molecule has 0 aromatic rings. The monoisotopic (exact) mass is 501 g/mol. The van der Waals surface area contributed by atoms with Crippen molar-refractivity contribution in [3.8, 4) is 0 Å². The summed E-state index contributed by atoms with van der Waals surface area (Å²) in [6.07, 6.45) is 1.17. The van der Waals surface area contributed by atoms with Crippen LogP contribution in [-0.2, 0) is 23.9 Å². The second-order valence-electron chi connectivity index (χ2n) is 8.94. The van der Waals surface area contributed by atoms with Crippen LogP contribution in [0.4, 0.5) is 0 Å². The Morgan fingerprint density at radius 1 is 0.970 bits per heavy atom. The topological polar surface area (TPSA) is 134 Å². The van der Waals surface area contributed by atoms with Crippen molar-refractivity contribution in [2.45, 2.75) is 77.6 Å². The molecule has 0 radical (unpaired) electrons. The number of carbonyl (C=O) groups is 4. The van der Waals surface area contributed by atoms with Crippen LogP contribution in [0.25, 0.3) is 0 Å². The summed E-state index contributed by atoms with van der Waals surface area (Å²) in [5.41, 5.74) is 0. The first-order valence-corrected chi connectivity index (χ1v) is 13.8. The van der Waals surface area contributed by atoms with Crippen LogP contribution in [-0.4, -0.2) is 64.5 Å². The molecule has 9 nitrogen and oxygen atoms in total. The van der Waals surface area contributed by atoms with E-state index in [-0.39, 0.29) is 37.0 Å². The van der Waals surface area contributed by atoms with E-state index in [4.69, 9.17) is 4.74 Å². The smallest absolute Gasteiger partial charge is 0.313 e. The van der Waals surface area contributed by atoms with Crippen LogP contribution in [0.5, 0.6) is 0 Å². The Balaban J connectivity index is 2.45. The molecule has 0 saturated carbocycles. The molecule has 4 N–H and O–H groups in total. The Morgan fingerprint density at radius 3 is 2.36 bits per heavy atom. The highest BCUT2D eigenvalue weighted by Gasteiger charge is 2.33. The number of aliphatic hydroxyl groups excluding tert-OH is 1. The van der Waals surface area contributed by atoms with E-state index in [2.05, 4.69) is 16.0 Å². The summed E-state index contributed by atoms with van der Waals surface area (Å²) in [5, 5.41) is 19.0. The maximum atomic E-state index is 13.1. The summed E-state index contributed by atoms with van der Waals surface area (Å²) in [7, 11) is 3.00. The molecule has 0 saturated heterocycles. The van der Waals surface area contributed by atoms with Crippen LogP contribution in [0.2, 0.25) is 0 Å². The molecule has 186 valence electrons. The Morgan fingerprint density at radius 2 is 1.70 bits per heavy atom. The highest BCUT2D eigenvalue weighted by molar-refractivity contribution is 8.76. The summed E-state index contributed by atoms with van der Waals surface area (Å²) in [4.78, 5) is 51.2. The fourth-order valence-electron chi connectivity index (χ4n) is 3.56. The first-order chi connectivity index (χ1) is 15.6. The highest BCUT2D eigenvalue weighted by Crippen LogP contribution is 2.25. The predicted molar refractivity (Wildman–Crippen MR) is 129 cm³/mol. The molecule has 2 heterocycles. The van der Waals surface area contributed by atoms with Gasteiger partial charge < -0.3 is 25.8 Å². The molecular formula is C22H35N3O6S2. The van der Waals surface area contributed by atoms with Gasteiger partial charge in [0.15, 0.2) is 0 Å². The summed E-state index contributed by atoms with van der Waals surface area (Å²) in [6.45, 7) is 7.30. The van der Waals surface area contributed by atoms with Crippen LogP contribution < -0.4 is 16.0 Å². The Bertz CT molecular complexity index is 758. The van der Waals surface area contributed by atoms with E-state index < -0.39 is 42.0 Å². The van der Waals surface area contributed by atoms with Gasteiger partial charge in [-0.3, -0.25) is 19.2 Å². The summed E-state index contributed by atoms with van der Waals surface area (Å²) >= 11 is 0. The van der Waals surface area contributed by atoms with Crippen molar-refractivity contribution in [3.63, 3.8) is 0 Å². The quantitative estimate of drug-likeness (QED) is 0.331. The van der Waals surface area contributed by atoms with Gasteiger partial charge in [-0.2, -0.15) is 0 Å². The average Bonchev–Trinajstić information content (AvgIpc) is 2.73. The van der Waals surface area contributed by atoms with Crippen LogP contribution >= 0.6 is 21.6 Å². The lowest BCUT2D eigenvalue weighted by Crippen LogP contribution is -2.58. The fraction of sp³-hybridized carbons (Fsp3) is 0.727. The SMILES string of the molecule is CC(C)C1NC(=O)CC/C2=C\CCSSCC(NC1=O)C(=O)NC(C(C)C)C(O)CC(=O)O2. The molecule has 2 aliphatic heterocycles. The number of ether oxygens (including phenoxy) is 1. The number of nitrogens with one attached hydrogen (secondary N) is 3. The number of rotatable bonds is 2. The minimum atomic E-state index is -1.16. The largest absolute Gasteiger partial charge is 0.431 e. The number of fused-ring (bicyclic) bond motifs is 6. The van der Waals surface area contributed by atoms with Gasteiger partial charge >= 0.3 is 5.97 Å². The third kappa shape index (κ3) is 8.86. The summed E-state index contributed by atoms with van der Waals surface area (Å²) in [5.74, 6) is -0.839. The molecular weight excluding hydrogens is 466 g/mol. The van der Waals surface area contributed by atoms with E-state index in [0.29, 0.717) is 23.7 Å². The lowest BCUT2D eigenvalue weighted by molar-refractivity contribution is -0.143. The summed E-state index contributed by atoms with van der Waals surface area (Å²) < 4.78 is 5.49. The summed E-state index contributed by atoms with van der Waals surface area (Å²) in [6, 6.07) is -2.38. The van der Waals surface area contributed by atoms with Gasteiger partial charge in [-0.1, -0.05) is 49.3 Å². The highest BCUT2D eigenvalue weighted by atomic mass is 33.1. The Kier molecular flexibility index (Phi) is 11.0. The van der Waals surface area contributed by atoms with E-state index in [1.54, 1.807) is 16.9 Å². The van der Waals surface area contributed by atoms with Crippen molar-refractivity contribution in [3.05, 3.63) is 11.8 Å². The Labute approximate surface area is 203 Å². The molecule has 2 rings (SSSR count). The van der Waals surface area contributed by atoms with Gasteiger partial charge in [0.1, 0.15) is 17.8 Å². The molecule has 4 atom stereocenters. The standard InChI is InChI=1S/C22H35N3O6S2/c1-12(2)19-16(26)10-18(28)31-14-6-5-9-32-33-11-15(21(29)25-19)23-22(30)20(13(3)4)24-17(27)8-7-14/h6,12-13,15-16,19-20,26H,5,7-11H2,1-4H3,(H,23,30)(H,24,27)(H,25,29)/b14-6+. The molecule has 0 fully saturated rings. The number of amides is 3. The van der Waals surface area contributed by atoms with Crippen molar-refractivity contribution in [2.75, 3.05) is 11.5 Å². The predicted octanol–water partition coefficient (Wildman–Crippen LogP) is 1.51. The number of hydrogen-bond acceptors (Lipinski definition) is 8. The zero-order valence-electron chi connectivity index (χ0n) is 19.6. The molecule has 4 unspecified atom stereocenters. The minimum Gasteiger partial charge on any atom is -0.431 e. The van der Waals surface area contributed by atoms with Crippen LogP contribution in [0, 0.1) is 11.8 Å². The van der Waals surface area contributed by atoms with E-state index in [9.17, 15) is 24.3 Å². The third-order valence-electron chi connectivity index (χ3n) is 5.45. The number of allylic oxidation sites excluding steroid dienone is 2. The number of aliphatic hydroxyl groups is 1. The first kappa shape index (κ1) is 27.5. The van der Waals surface area contributed by atoms with Gasteiger partial charge in [0.2, 0.25) is 17.7 Å². The van der Waals surface area contributed by atoms with Crippen LogP contribution in [0.1, 0.15) is 53.4 Å². The fourth-order valence-corrected chi connectivity index (χ4v) is 5.70. The van der Waals surface area contributed by atoms with E-state index in [1.807, 2.05) is 27.7 Å². The maximum absolute atomic E-state index is 13.1. The van der Waals surface area contributed by atoms with Gasteiger partial charge in [-0.25, -0.2) is 0 Å². The number of esters is 1. The molecule has 0 spiro atoms. The van der Waals surface area contributed by atoms with Gasteiger partial charge in [-0.15, -0.1) is 0 Å². The minimum absolute atomic E-state index is 0.0403. The molecule has 33 heavy (non-hydrogen) atoms. The lowest BCUT2D eigenvalue weighted by atomic mass is 9.96. The first-order valence-electron chi connectivity index (χ1n) is 11.3.